The van der Waals surface area contributed by atoms with Gasteiger partial charge in [0.05, 0.1) is 0 Å². The van der Waals surface area contributed by atoms with E-state index in [4.69, 9.17) is 18.9 Å². The van der Waals surface area contributed by atoms with E-state index in [0.29, 0.717) is 19.5 Å². The van der Waals surface area contributed by atoms with Crippen LogP contribution in [0, 0.1) is 5.92 Å². The number of esters is 1. The first-order valence-corrected chi connectivity index (χ1v) is 22.2. The van der Waals surface area contributed by atoms with Crippen molar-refractivity contribution >= 4 is 30.4 Å². The topological polar surface area (TPSA) is 74.3 Å². The molecule has 8 heteroatoms. The van der Waals surface area contributed by atoms with E-state index in [2.05, 4.69) is 30.9 Å². The zero-order chi connectivity index (χ0) is 27.9. The van der Waals surface area contributed by atoms with Crippen LogP contribution in [-0.4, -0.2) is 80.1 Å². The summed E-state index contributed by atoms with van der Waals surface area (Å²) in [6, 6.07) is 0. The molecule has 216 valence electrons. The minimum absolute atomic E-state index is 0.0542. The second kappa shape index (κ2) is 17.7. The van der Waals surface area contributed by atoms with Gasteiger partial charge in [-0.15, -0.1) is 0 Å². The van der Waals surface area contributed by atoms with E-state index in [1.807, 2.05) is 20.8 Å². The Kier molecular flexibility index (Phi) is 16.4. The molecule has 1 aliphatic heterocycles. The van der Waals surface area contributed by atoms with Crippen molar-refractivity contribution < 1.29 is 28.5 Å². The summed E-state index contributed by atoms with van der Waals surface area (Å²) in [5.74, 6) is -0.340. The van der Waals surface area contributed by atoms with Crippen LogP contribution in [-0.2, 0) is 23.7 Å². The average molecular weight is 632 g/mol. The van der Waals surface area contributed by atoms with E-state index >= 15 is 0 Å². The molecule has 7 nitrogen and oxygen atoms in total. The molecule has 1 rings (SSSR count). The molecule has 0 aromatic rings. The Morgan fingerprint density at radius 1 is 1.03 bits per heavy atom. The van der Waals surface area contributed by atoms with Gasteiger partial charge in [0.15, 0.2) is 0 Å². The molecule has 1 amide bonds. The third-order valence-electron chi connectivity index (χ3n) is 7.11. The third kappa shape index (κ3) is 13.2. The van der Waals surface area contributed by atoms with Gasteiger partial charge in [-0.25, -0.2) is 0 Å². The first-order chi connectivity index (χ1) is 17.5. The molecule has 0 saturated carbocycles. The van der Waals surface area contributed by atoms with E-state index in [0.717, 1.165) is 0 Å². The van der Waals surface area contributed by atoms with E-state index in [9.17, 15) is 9.59 Å². The number of unbranched alkanes of at least 4 members (excludes halogenated alkanes) is 3. The molecule has 37 heavy (non-hydrogen) atoms. The van der Waals surface area contributed by atoms with Gasteiger partial charge in [-0.1, -0.05) is 0 Å². The first-order valence-electron chi connectivity index (χ1n) is 14.5. The molecule has 3 atom stereocenters. The molecule has 0 aromatic heterocycles. The van der Waals surface area contributed by atoms with Gasteiger partial charge in [0, 0.05) is 0 Å². The number of methoxy groups -OCH3 is 1. The van der Waals surface area contributed by atoms with Gasteiger partial charge in [-0.2, -0.15) is 0 Å². The molecule has 0 aliphatic carbocycles. The first kappa shape index (κ1) is 34.2. The van der Waals surface area contributed by atoms with E-state index in [1.54, 1.807) is 12.0 Å². The maximum atomic E-state index is 12.8. The van der Waals surface area contributed by atoms with Gasteiger partial charge in [-0.05, 0) is 0 Å². The number of rotatable bonds is 16. The van der Waals surface area contributed by atoms with Gasteiger partial charge in [0.25, 0.3) is 0 Å². The molecule has 1 saturated heterocycles. The van der Waals surface area contributed by atoms with Crippen LogP contribution in [0.1, 0.15) is 93.4 Å². The van der Waals surface area contributed by atoms with Crippen molar-refractivity contribution in [3.8, 4) is 0 Å². The molecule has 0 bridgehead atoms. The van der Waals surface area contributed by atoms with Crippen molar-refractivity contribution in [2.45, 2.75) is 125 Å². The van der Waals surface area contributed by atoms with Crippen molar-refractivity contribution in [1.82, 2.24) is 4.90 Å². The number of hydrogen-bond acceptors (Lipinski definition) is 6. The van der Waals surface area contributed by atoms with Crippen molar-refractivity contribution in [2.75, 3.05) is 27.0 Å². The van der Waals surface area contributed by atoms with E-state index < -0.39 is 24.0 Å². The molecular weight excluding hydrogens is 577 g/mol. The third-order valence-corrected chi connectivity index (χ3v) is 21.2. The fraction of sp³-hybridized carbons (Fsp3) is 0.862. The minimum atomic E-state index is -2.57. The Labute approximate surface area is 230 Å². The molecular formula is C29H55NO6Sn. The monoisotopic (exact) mass is 633 g/mol. The van der Waals surface area contributed by atoms with Crippen LogP contribution in [0.15, 0.2) is 10.2 Å². The zero-order valence-electron chi connectivity index (χ0n) is 25.0. The average Bonchev–Trinajstić information content (AvgIpc) is 2.84. The summed E-state index contributed by atoms with van der Waals surface area (Å²) < 4.78 is 29.4. The van der Waals surface area contributed by atoms with Gasteiger partial charge >= 0.3 is 231 Å². The normalized spacial score (nSPS) is 19.7. The van der Waals surface area contributed by atoms with Crippen molar-refractivity contribution in [3.63, 3.8) is 0 Å². The second-order valence-corrected chi connectivity index (χ2v) is 24.6. The molecule has 0 N–H and O–H groups in total. The number of carbonyl (C=O) groups excluding carboxylic acids is 2. The summed E-state index contributed by atoms with van der Waals surface area (Å²) in [4.78, 5) is 26.7. The molecule has 0 radical (unpaired) electrons. The Morgan fingerprint density at radius 3 is 2.05 bits per heavy atom. The van der Waals surface area contributed by atoms with Crippen LogP contribution in [0.3, 0.4) is 0 Å². The predicted molar refractivity (Wildman–Crippen MR) is 152 cm³/mol. The van der Waals surface area contributed by atoms with Gasteiger partial charge in [0.2, 0.25) is 0 Å². The molecule has 3 unspecified atom stereocenters. The van der Waals surface area contributed by atoms with Crippen molar-refractivity contribution in [2.24, 2.45) is 5.92 Å². The summed E-state index contributed by atoms with van der Waals surface area (Å²) in [6.45, 7) is 14.9. The van der Waals surface area contributed by atoms with Gasteiger partial charge in [-0.3, -0.25) is 0 Å². The predicted octanol–water partition coefficient (Wildman–Crippen LogP) is 7.11. The number of likely N-dealkylation sites (tertiary alicyclic amines) is 1. The van der Waals surface area contributed by atoms with Gasteiger partial charge < -0.3 is 0 Å². The van der Waals surface area contributed by atoms with Crippen LogP contribution in [0.2, 0.25) is 13.3 Å². The van der Waals surface area contributed by atoms with Crippen molar-refractivity contribution in [1.29, 1.82) is 0 Å². The van der Waals surface area contributed by atoms with Crippen LogP contribution < -0.4 is 0 Å². The number of amides is 1. The quantitative estimate of drug-likeness (QED) is 0.103. The molecule has 0 aromatic carbocycles. The molecule has 1 heterocycles. The number of nitrogens with zero attached hydrogens (tertiary/aromatic N) is 1. The number of piperidine rings is 1. The Morgan fingerprint density at radius 2 is 1.59 bits per heavy atom. The second-order valence-electron chi connectivity index (χ2n) is 11.6. The standard InChI is InChI=1S/C17H28NO6.3C4H9.Sn/c1-7-14(23-12(2)19)13-8-9-18(10-15(13)22-11-21-6)16(20)24-17(3,4)5;3*1-3-4-2;/h1,7,13-15H,8-11H2,2-6H3;3*1,3-4H2,2H3;. The SMILES string of the molecule is CCC[CH2][Sn]([CH]=CC(OC(C)=O)C1CCN(C(=O)OC(C)(C)C)CC1OCOC)([CH2]CCC)[CH2]CCC. The zero-order valence-corrected chi connectivity index (χ0v) is 27.8. The summed E-state index contributed by atoms with van der Waals surface area (Å²) in [6.07, 6.45) is 9.33. The van der Waals surface area contributed by atoms with Crippen LogP contribution >= 0.6 is 0 Å². The summed E-state index contributed by atoms with van der Waals surface area (Å²) in [5, 5.41) is 0. The molecule has 1 fully saturated rings. The Hall–Kier alpha value is -0.801. The summed E-state index contributed by atoms with van der Waals surface area (Å²) >= 11 is -2.57. The summed E-state index contributed by atoms with van der Waals surface area (Å²) in [7, 11) is 1.59. The molecule has 0 spiro atoms. The van der Waals surface area contributed by atoms with Gasteiger partial charge in [0.1, 0.15) is 0 Å². The van der Waals surface area contributed by atoms with Crippen LogP contribution in [0.25, 0.3) is 0 Å². The van der Waals surface area contributed by atoms with E-state index in [1.165, 1.54) is 58.8 Å². The Balaban J connectivity index is 3.25. The van der Waals surface area contributed by atoms with Crippen LogP contribution in [0.4, 0.5) is 4.79 Å². The van der Waals surface area contributed by atoms with E-state index in [-0.39, 0.29) is 37.0 Å². The molecule has 1 aliphatic rings. The van der Waals surface area contributed by atoms with Crippen molar-refractivity contribution in [3.05, 3.63) is 10.2 Å². The fourth-order valence-electron chi connectivity index (χ4n) is 5.11. The maximum absolute atomic E-state index is 12.8. The number of hydrogen-bond donors (Lipinski definition) is 0. The number of ether oxygens (including phenoxy) is 4. The van der Waals surface area contributed by atoms with Crippen LogP contribution in [0.5, 0.6) is 0 Å². The Bertz CT molecular complexity index is 671. The number of carbonyl (C=O) groups is 2. The fourth-order valence-corrected chi connectivity index (χ4v) is 19.4. The summed E-state index contributed by atoms with van der Waals surface area (Å²) in [5.41, 5.74) is -0.564.